The zero-order chi connectivity index (χ0) is 13.1. The van der Waals surface area contributed by atoms with E-state index >= 15 is 0 Å². The van der Waals surface area contributed by atoms with Crippen molar-refractivity contribution in [1.82, 2.24) is 15.5 Å². The molecule has 1 heterocycles. The average molecular weight is 245 g/mol. The van der Waals surface area contributed by atoms with Gasteiger partial charge in [0.2, 0.25) is 5.91 Å². The number of benzene rings is 1. The minimum Gasteiger partial charge on any atom is -0.354 e. The van der Waals surface area contributed by atoms with Gasteiger partial charge in [0.1, 0.15) is 0 Å². The predicted octanol–water partition coefficient (Wildman–Crippen LogP) is 0.990. The number of rotatable bonds is 3. The Hall–Kier alpha value is -2.17. The predicted molar refractivity (Wildman–Crippen MR) is 69.3 cm³/mol. The Morgan fingerprint density at radius 1 is 1.33 bits per heavy atom. The van der Waals surface area contributed by atoms with Crippen molar-refractivity contribution in [2.75, 3.05) is 0 Å². The van der Waals surface area contributed by atoms with Gasteiger partial charge in [0, 0.05) is 11.4 Å². The van der Waals surface area contributed by atoms with Crippen LogP contribution in [0.2, 0.25) is 0 Å². The molecule has 1 amide bonds. The number of carbonyl (C=O) groups is 1. The summed E-state index contributed by atoms with van der Waals surface area (Å²) < 4.78 is 0. The molecule has 1 aromatic heterocycles. The number of amides is 1. The number of hydrogen-bond acceptors (Lipinski definition) is 3. The van der Waals surface area contributed by atoms with Gasteiger partial charge in [-0.1, -0.05) is 18.2 Å². The van der Waals surface area contributed by atoms with Crippen LogP contribution in [0.5, 0.6) is 0 Å². The summed E-state index contributed by atoms with van der Waals surface area (Å²) >= 11 is 0. The first-order chi connectivity index (χ1) is 8.58. The van der Waals surface area contributed by atoms with E-state index in [9.17, 15) is 9.59 Å². The van der Waals surface area contributed by atoms with Crippen LogP contribution in [0.1, 0.15) is 19.5 Å². The lowest BCUT2D eigenvalue weighted by molar-refractivity contribution is -0.120. The number of carbonyl (C=O) groups excluding carboxylic acids is 1. The zero-order valence-electron chi connectivity index (χ0n) is 10.4. The number of fused-ring (bicyclic) bond motifs is 1. The van der Waals surface area contributed by atoms with E-state index in [0.717, 1.165) is 5.39 Å². The summed E-state index contributed by atoms with van der Waals surface area (Å²) in [7, 11) is 0. The van der Waals surface area contributed by atoms with Gasteiger partial charge in [-0.3, -0.25) is 9.59 Å². The lowest BCUT2D eigenvalue weighted by atomic mass is 10.1. The average Bonchev–Trinajstić information content (AvgIpc) is 2.32. The molecule has 0 aliphatic carbocycles. The van der Waals surface area contributed by atoms with Gasteiger partial charge < -0.3 is 5.32 Å². The van der Waals surface area contributed by atoms with Gasteiger partial charge in [0.05, 0.1) is 17.5 Å². The maximum Gasteiger partial charge on any atom is 0.272 e. The molecular formula is C13H15N3O2. The molecule has 18 heavy (non-hydrogen) atoms. The Morgan fingerprint density at radius 2 is 2.00 bits per heavy atom. The number of nitrogens with zero attached hydrogens (tertiary/aromatic N) is 1. The van der Waals surface area contributed by atoms with Crippen molar-refractivity contribution in [3.05, 3.63) is 40.3 Å². The van der Waals surface area contributed by atoms with E-state index in [1.165, 1.54) is 0 Å². The van der Waals surface area contributed by atoms with E-state index in [0.29, 0.717) is 11.1 Å². The van der Waals surface area contributed by atoms with Gasteiger partial charge in [-0.25, -0.2) is 5.10 Å². The van der Waals surface area contributed by atoms with E-state index in [1.807, 2.05) is 19.9 Å². The molecule has 0 radical (unpaired) electrons. The van der Waals surface area contributed by atoms with Crippen LogP contribution < -0.4 is 10.9 Å². The van der Waals surface area contributed by atoms with Gasteiger partial charge in [0.15, 0.2) is 0 Å². The molecular weight excluding hydrogens is 230 g/mol. The molecule has 2 rings (SSSR count). The Balaban J connectivity index is 2.37. The van der Waals surface area contributed by atoms with Gasteiger partial charge in [-0.05, 0) is 19.9 Å². The Labute approximate surface area is 104 Å². The SMILES string of the molecule is CC(C)NC(=O)Cc1n[nH]c(=O)c2ccccc12. The fraction of sp³-hybridized carbons (Fsp3) is 0.308. The van der Waals surface area contributed by atoms with E-state index in [4.69, 9.17) is 0 Å². The molecule has 0 saturated heterocycles. The quantitative estimate of drug-likeness (QED) is 0.846. The second kappa shape index (κ2) is 5.00. The first kappa shape index (κ1) is 12.3. The topological polar surface area (TPSA) is 74.8 Å². The van der Waals surface area contributed by atoms with E-state index in [2.05, 4.69) is 15.5 Å². The van der Waals surface area contributed by atoms with E-state index in [1.54, 1.807) is 18.2 Å². The van der Waals surface area contributed by atoms with Crippen LogP contribution in [-0.2, 0) is 11.2 Å². The van der Waals surface area contributed by atoms with E-state index < -0.39 is 0 Å². The molecule has 0 aliphatic rings. The van der Waals surface area contributed by atoms with Crippen molar-refractivity contribution in [2.45, 2.75) is 26.3 Å². The fourth-order valence-electron chi connectivity index (χ4n) is 1.83. The first-order valence-electron chi connectivity index (χ1n) is 5.83. The summed E-state index contributed by atoms with van der Waals surface area (Å²) in [6, 6.07) is 7.23. The van der Waals surface area contributed by atoms with Crippen molar-refractivity contribution < 1.29 is 4.79 Å². The highest BCUT2D eigenvalue weighted by Crippen LogP contribution is 2.12. The number of aromatic nitrogens is 2. The molecule has 0 aliphatic heterocycles. The summed E-state index contributed by atoms with van der Waals surface area (Å²) in [5.41, 5.74) is 0.349. The standard InChI is InChI=1S/C13H15N3O2/c1-8(2)14-12(17)7-11-9-5-3-4-6-10(9)13(18)16-15-11/h3-6,8H,7H2,1-2H3,(H,14,17)(H,16,18). The molecule has 2 N–H and O–H groups in total. The smallest absolute Gasteiger partial charge is 0.272 e. The van der Waals surface area contributed by atoms with Crippen LogP contribution in [0.4, 0.5) is 0 Å². The molecule has 0 bridgehead atoms. The highest BCUT2D eigenvalue weighted by atomic mass is 16.1. The van der Waals surface area contributed by atoms with Crippen molar-refractivity contribution in [3.8, 4) is 0 Å². The third-order valence-corrected chi connectivity index (χ3v) is 2.55. The lowest BCUT2D eigenvalue weighted by Crippen LogP contribution is -2.32. The van der Waals surface area contributed by atoms with Crippen molar-refractivity contribution in [3.63, 3.8) is 0 Å². The zero-order valence-corrected chi connectivity index (χ0v) is 10.4. The summed E-state index contributed by atoms with van der Waals surface area (Å²) in [6.07, 6.45) is 0.162. The Morgan fingerprint density at radius 3 is 2.67 bits per heavy atom. The highest BCUT2D eigenvalue weighted by Gasteiger charge is 2.10. The van der Waals surface area contributed by atoms with Crippen molar-refractivity contribution >= 4 is 16.7 Å². The minimum absolute atomic E-state index is 0.0894. The largest absolute Gasteiger partial charge is 0.354 e. The lowest BCUT2D eigenvalue weighted by Gasteiger charge is -2.08. The second-order valence-electron chi connectivity index (χ2n) is 4.44. The van der Waals surface area contributed by atoms with Gasteiger partial charge in [-0.15, -0.1) is 0 Å². The second-order valence-corrected chi connectivity index (χ2v) is 4.44. The third kappa shape index (κ3) is 2.56. The Kier molecular flexibility index (Phi) is 3.41. The van der Waals surface area contributed by atoms with Crippen LogP contribution in [0.25, 0.3) is 10.8 Å². The summed E-state index contributed by atoms with van der Waals surface area (Å²) in [4.78, 5) is 23.3. The van der Waals surface area contributed by atoms with Gasteiger partial charge in [-0.2, -0.15) is 5.10 Å². The maximum absolute atomic E-state index is 11.7. The summed E-state index contributed by atoms with van der Waals surface area (Å²) in [5.74, 6) is -0.102. The minimum atomic E-state index is -0.237. The summed E-state index contributed by atoms with van der Waals surface area (Å²) in [6.45, 7) is 3.80. The molecule has 5 nitrogen and oxygen atoms in total. The van der Waals surface area contributed by atoms with Crippen molar-refractivity contribution in [1.29, 1.82) is 0 Å². The molecule has 0 atom stereocenters. The number of H-pyrrole nitrogens is 1. The van der Waals surface area contributed by atoms with Crippen LogP contribution >= 0.6 is 0 Å². The number of nitrogens with one attached hydrogen (secondary N) is 2. The molecule has 0 saturated carbocycles. The van der Waals surface area contributed by atoms with E-state index in [-0.39, 0.29) is 23.9 Å². The van der Waals surface area contributed by atoms with Gasteiger partial charge in [0.25, 0.3) is 5.56 Å². The monoisotopic (exact) mass is 245 g/mol. The molecule has 0 unspecified atom stereocenters. The van der Waals surface area contributed by atoms with Crippen LogP contribution in [0.15, 0.2) is 29.1 Å². The maximum atomic E-state index is 11.7. The number of hydrogen-bond donors (Lipinski definition) is 2. The number of aromatic amines is 1. The normalized spacial score (nSPS) is 10.8. The van der Waals surface area contributed by atoms with Gasteiger partial charge >= 0.3 is 0 Å². The molecule has 5 heteroatoms. The van der Waals surface area contributed by atoms with Crippen molar-refractivity contribution in [2.24, 2.45) is 0 Å². The molecule has 1 aromatic carbocycles. The molecule has 0 spiro atoms. The Bertz CT molecular complexity index is 631. The summed E-state index contributed by atoms with van der Waals surface area (Å²) in [5, 5.41) is 10.4. The fourth-order valence-corrected chi connectivity index (χ4v) is 1.83. The third-order valence-electron chi connectivity index (χ3n) is 2.55. The van der Waals surface area contributed by atoms with Crippen LogP contribution in [0, 0.1) is 0 Å². The van der Waals surface area contributed by atoms with Crippen LogP contribution in [0.3, 0.4) is 0 Å². The molecule has 2 aromatic rings. The first-order valence-corrected chi connectivity index (χ1v) is 5.83. The molecule has 0 fully saturated rings. The molecule has 94 valence electrons. The highest BCUT2D eigenvalue weighted by molar-refractivity contribution is 5.88. The van der Waals surface area contributed by atoms with Crippen LogP contribution in [-0.4, -0.2) is 22.1 Å².